The molecule has 0 radical (unpaired) electrons. The van der Waals surface area contributed by atoms with Gasteiger partial charge in [0, 0.05) is 24.0 Å². The molecule has 36 heavy (non-hydrogen) atoms. The van der Waals surface area contributed by atoms with E-state index in [2.05, 4.69) is 20.6 Å². The van der Waals surface area contributed by atoms with Crippen molar-refractivity contribution in [3.8, 4) is 0 Å². The Kier molecular flexibility index (Phi) is 7.02. The summed E-state index contributed by atoms with van der Waals surface area (Å²) in [4.78, 5) is 25.6. The maximum Gasteiger partial charge on any atom is 0.421 e. The molecule has 0 aliphatic carbocycles. The van der Waals surface area contributed by atoms with Crippen molar-refractivity contribution in [1.29, 1.82) is 0 Å². The molecule has 2 heterocycles. The van der Waals surface area contributed by atoms with Crippen LogP contribution in [0.3, 0.4) is 0 Å². The van der Waals surface area contributed by atoms with Gasteiger partial charge in [0.15, 0.2) is 5.82 Å². The minimum Gasteiger partial charge on any atom is -0.444 e. The minimum atomic E-state index is -4.67. The molecule has 11 heteroatoms. The fraction of sp³-hybridized carbons (Fsp3) is 0.320. The number of hydrogen-bond donors (Lipinski definition) is 2. The summed E-state index contributed by atoms with van der Waals surface area (Å²) in [5, 5.41) is 6.72. The number of ether oxygens (including phenoxy) is 1. The lowest BCUT2D eigenvalue weighted by atomic mass is 10.0. The molecule has 0 saturated carbocycles. The number of alkyl halides is 3. The molecule has 3 aromatic rings. The van der Waals surface area contributed by atoms with Gasteiger partial charge < -0.3 is 10.1 Å². The van der Waals surface area contributed by atoms with Crippen LogP contribution in [0, 0.1) is 0 Å². The van der Waals surface area contributed by atoms with Crippen LogP contribution in [0.5, 0.6) is 0 Å². The molecule has 1 aliphatic heterocycles. The number of halogens is 3. The van der Waals surface area contributed by atoms with Gasteiger partial charge in [-0.05, 0) is 50.6 Å². The van der Waals surface area contributed by atoms with Gasteiger partial charge in [0.25, 0.3) is 0 Å². The van der Waals surface area contributed by atoms with Crippen molar-refractivity contribution in [2.75, 3.05) is 22.3 Å². The lowest BCUT2D eigenvalue weighted by Gasteiger charge is -2.26. The van der Waals surface area contributed by atoms with Gasteiger partial charge in [-0.1, -0.05) is 30.3 Å². The standard InChI is InChI=1S/C25H26F3N5O3/c1-24(2,3)36-23(34)31-18-11-9-17(10-12-18)30-22-29-15-19(25(26,27)28)21(32-22)33-20(13-14-35-33)16-7-5-4-6-8-16/h4-12,15,20H,13-14H2,1-3H3,(H,31,34)(H,29,30,32)/t20-/m0/s1. The van der Waals surface area contributed by atoms with Crippen LogP contribution in [0.25, 0.3) is 0 Å². The number of amides is 1. The number of hydrogen-bond acceptors (Lipinski definition) is 7. The molecule has 8 nitrogen and oxygen atoms in total. The van der Waals surface area contributed by atoms with Crippen LogP contribution in [0.1, 0.15) is 44.4 Å². The van der Waals surface area contributed by atoms with Gasteiger partial charge in [-0.3, -0.25) is 10.2 Å². The Labute approximate surface area is 206 Å². The molecule has 1 atom stereocenters. The molecule has 0 unspecified atom stereocenters. The summed E-state index contributed by atoms with van der Waals surface area (Å²) in [5.74, 6) is -0.400. The third-order valence-corrected chi connectivity index (χ3v) is 5.16. The van der Waals surface area contributed by atoms with E-state index in [-0.39, 0.29) is 18.4 Å². The molecular weight excluding hydrogens is 475 g/mol. The number of carbonyl (C=O) groups is 1. The van der Waals surface area contributed by atoms with Crippen LogP contribution < -0.4 is 15.7 Å². The highest BCUT2D eigenvalue weighted by Crippen LogP contribution is 2.41. The zero-order valence-corrected chi connectivity index (χ0v) is 20.0. The van der Waals surface area contributed by atoms with Crippen LogP contribution in [0.15, 0.2) is 60.8 Å². The molecule has 1 aromatic heterocycles. The lowest BCUT2D eigenvalue weighted by Crippen LogP contribution is -2.27. The molecule has 190 valence electrons. The molecule has 0 bridgehead atoms. The summed E-state index contributed by atoms with van der Waals surface area (Å²) in [6.45, 7) is 5.53. The summed E-state index contributed by atoms with van der Waals surface area (Å²) >= 11 is 0. The first kappa shape index (κ1) is 25.2. The van der Waals surface area contributed by atoms with Crippen molar-refractivity contribution in [3.05, 3.63) is 71.9 Å². The van der Waals surface area contributed by atoms with Crippen molar-refractivity contribution in [1.82, 2.24) is 9.97 Å². The van der Waals surface area contributed by atoms with E-state index in [1.807, 2.05) is 30.3 Å². The van der Waals surface area contributed by atoms with Crippen molar-refractivity contribution in [2.24, 2.45) is 0 Å². The van der Waals surface area contributed by atoms with Gasteiger partial charge in [0.05, 0.1) is 12.6 Å². The zero-order chi connectivity index (χ0) is 25.9. The van der Waals surface area contributed by atoms with Crippen molar-refractivity contribution in [2.45, 2.75) is 45.0 Å². The van der Waals surface area contributed by atoms with Crippen LogP contribution in [-0.2, 0) is 15.8 Å². The van der Waals surface area contributed by atoms with Gasteiger partial charge in [0.2, 0.25) is 5.95 Å². The van der Waals surface area contributed by atoms with E-state index in [1.165, 1.54) is 5.06 Å². The minimum absolute atomic E-state index is 0.0341. The summed E-state index contributed by atoms with van der Waals surface area (Å²) in [6.07, 6.45) is -4.01. The average Bonchev–Trinajstić information content (AvgIpc) is 3.29. The molecule has 4 rings (SSSR count). The maximum atomic E-state index is 13.8. The number of nitrogens with zero attached hydrogens (tertiary/aromatic N) is 3. The van der Waals surface area contributed by atoms with Gasteiger partial charge in [-0.15, -0.1) is 0 Å². The summed E-state index contributed by atoms with van der Waals surface area (Å²) in [7, 11) is 0. The fourth-order valence-corrected chi connectivity index (χ4v) is 3.64. The number of anilines is 4. The van der Waals surface area contributed by atoms with Crippen LogP contribution in [-0.4, -0.2) is 28.3 Å². The quantitative estimate of drug-likeness (QED) is 0.414. The molecule has 1 aliphatic rings. The zero-order valence-electron chi connectivity index (χ0n) is 20.0. The van der Waals surface area contributed by atoms with Gasteiger partial charge in [0.1, 0.15) is 11.2 Å². The van der Waals surface area contributed by atoms with E-state index in [9.17, 15) is 18.0 Å². The number of aromatic nitrogens is 2. The Morgan fingerprint density at radius 3 is 2.36 bits per heavy atom. The third-order valence-electron chi connectivity index (χ3n) is 5.16. The first-order chi connectivity index (χ1) is 17.0. The van der Waals surface area contributed by atoms with E-state index in [4.69, 9.17) is 9.57 Å². The molecule has 2 aromatic carbocycles. The predicted octanol–water partition coefficient (Wildman–Crippen LogP) is 6.47. The molecule has 1 amide bonds. The van der Waals surface area contributed by atoms with Crippen LogP contribution >= 0.6 is 0 Å². The highest BCUT2D eigenvalue weighted by Gasteiger charge is 2.40. The second-order valence-electron chi connectivity index (χ2n) is 9.13. The number of benzene rings is 2. The van der Waals surface area contributed by atoms with E-state index >= 15 is 0 Å². The molecule has 1 fully saturated rings. The summed E-state index contributed by atoms with van der Waals surface area (Å²) in [5.41, 5.74) is 0.191. The first-order valence-corrected chi connectivity index (χ1v) is 11.3. The molecule has 1 saturated heterocycles. The lowest BCUT2D eigenvalue weighted by molar-refractivity contribution is -0.138. The van der Waals surface area contributed by atoms with Gasteiger partial charge in [-0.2, -0.15) is 18.2 Å². The highest BCUT2D eigenvalue weighted by molar-refractivity contribution is 5.85. The summed E-state index contributed by atoms with van der Waals surface area (Å²) in [6, 6.07) is 15.2. The highest BCUT2D eigenvalue weighted by atomic mass is 19.4. The summed E-state index contributed by atoms with van der Waals surface area (Å²) < 4.78 is 46.7. The second-order valence-corrected chi connectivity index (χ2v) is 9.13. The predicted molar refractivity (Wildman–Crippen MR) is 129 cm³/mol. The largest absolute Gasteiger partial charge is 0.444 e. The normalized spacial score (nSPS) is 16.1. The van der Waals surface area contributed by atoms with Crippen molar-refractivity contribution < 1.29 is 27.5 Å². The number of rotatable bonds is 5. The molecule has 2 N–H and O–H groups in total. The Morgan fingerprint density at radius 2 is 1.72 bits per heavy atom. The van der Waals surface area contributed by atoms with Gasteiger partial charge >= 0.3 is 12.3 Å². The first-order valence-electron chi connectivity index (χ1n) is 11.3. The van der Waals surface area contributed by atoms with E-state index in [1.54, 1.807) is 45.0 Å². The SMILES string of the molecule is CC(C)(C)OC(=O)Nc1ccc(Nc2ncc(C(F)(F)F)c(N3OCC[C@H]3c3ccccc3)n2)cc1. The monoisotopic (exact) mass is 501 g/mol. The van der Waals surface area contributed by atoms with Crippen molar-refractivity contribution >= 4 is 29.2 Å². The van der Waals surface area contributed by atoms with E-state index in [0.29, 0.717) is 17.8 Å². The topological polar surface area (TPSA) is 88.6 Å². The third kappa shape index (κ3) is 6.22. The second kappa shape index (κ2) is 10.0. The van der Waals surface area contributed by atoms with E-state index < -0.39 is 29.5 Å². The van der Waals surface area contributed by atoms with E-state index in [0.717, 1.165) is 11.8 Å². The number of hydroxylamine groups is 1. The molecule has 0 spiro atoms. The maximum absolute atomic E-state index is 13.8. The fourth-order valence-electron chi connectivity index (χ4n) is 3.64. The Bertz CT molecular complexity index is 1200. The number of nitrogens with one attached hydrogen (secondary N) is 2. The Balaban J connectivity index is 1.56. The molecular formula is C25H26F3N5O3. The van der Waals surface area contributed by atoms with Gasteiger partial charge in [-0.25, -0.2) is 14.8 Å². The van der Waals surface area contributed by atoms with Crippen molar-refractivity contribution in [3.63, 3.8) is 0 Å². The Morgan fingerprint density at radius 1 is 1.06 bits per heavy atom. The van der Waals surface area contributed by atoms with Crippen LogP contribution in [0.2, 0.25) is 0 Å². The smallest absolute Gasteiger partial charge is 0.421 e. The number of carbonyl (C=O) groups excluding carboxylic acids is 1. The van der Waals surface area contributed by atoms with Crippen LogP contribution in [0.4, 0.5) is 41.1 Å². The average molecular weight is 502 g/mol. The Hall–Kier alpha value is -3.86.